The molecule has 0 bridgehead atoms. The van der Waals surface area contributed by atoms with E-state index in [4.69, 9.17) is 17.3 Å². The van der Waals surface area contributed by atoms with Crippen molar-refractivity contribution in [1.29, 1.82) is 5.26 Å². The minimum absolute atomic E-state index is 0.0107. The van der Waals surface area contributed by atoms with Gasteiger partial charge in [-0.3, -0.25) is 9.98 Å². The quantitative estimate of drug-likeness (QED) is 0.715. The van der Waals surface area contributed by atoms with Crippen molar-refractivity contribution in [3.63, 3.8) is 0 Å². The molecule has 0 spiro atoms. The van der Waals surface area contributed by atoms with Crippen molar-refractivity contribution in [3.05, 3.63) is 64.2 Å². The van der Waals surface area contributed by atoms with Crippen LogP contribution < -0.4 is 5.73 Å². The molecular weight excluding hydrogens is 414 g/mol. The predicted molar refractivity (Wildman–Crippen MR) is 112 cm³/mol. The zero-order valence-corrected chi connectivity index (χ0v) is 17.1. The maximum Gasteiger partial charge on any atom is 0.155 e. The van der Waals surface area contributed by atoms with Gasteiger partial charge in [0, 0.05) is 22.4 Å². The summed E-state index contributed by atoms with van der Waals surface area (Å²) >= 11 is 7.18. The summed E-state index contributed by atoms with van der Waals surface area (Å²) in [4.78, 5) is 8.50. The van der Waals surface area contributed by atoms with E-state index < -0.39 is 17.2 Å². The van der Waals surface area contributed by atoms with Crippen LogP contribution in [0.3, 0.4) is 0 Å². The van der Waals surface area contributed by atoms with E-state index in [2.05, 4.69) is 16.0 Å². The number of halogens is 3. The van der Waals surface area contributed by atoms with Crippen molar-refractivity contribution in [2.45, 2.75) is 30.1 Å². The number of nitriles is 1. The number of nitrogens with zero attached hydrogens (tertiary/aromatic N) is 3. The zero-order chi connectivity index (χ0) is 20.8. The molecule has 1 aromatic carbocycles. The average molecular weight is 431 g/mol. The Morgan fingerprint density at radius 2 is 2.24 bits per heavy atom. The highest BCUT2D eigenvalue weighted by molar-refractivity contribution is 8.15. The Morgan fingerprint density at radius 1 is 1.45 bits per heavy atom. The van der Waals surface area contributed by atoms with Crippen molar-refractivity contribution in [1.82, 2.24) is 4.98 Å². The number of aliphatic imine (C=N–C) groups is 1. The van der Waals surface area contributed by atoms with Gasteiger partial charge in [-0.2, -0.15) is 5.26 Å². The summed E-state index contributed by atoms with van der Waals surface area (Å²) in [6.07, 6.45) is 3.71. The maximum absolute atomic E-state index is 14.8. The van der Waals surface area contributed by atoms with Crippen molar-refractivity contribution >= 4 is 40.4 Å². The standard InChI is InChI=1S/C21H17ClF2N4S/c1-20(18-10-21(18,6-7-25)29-19(26)28-20)14-8-12(2-4-15(14)23)9-16(24)17-5-3-13(22)11-27-17/h2-5,8-9,11,18H,6,10H2,1H3,(H2,26,28)/b16-9-/t18-,20+,21-/m0/s1. The Kier molecular flexibility index (Phi) is 4.88. The first-order valence-electron chi connectivity index (χ1n) is 8.98. The molecule has 4 nitrogen and oxygen atoms in total. The summed E-state index contributed by atoms with van der Waals surface area (Å²) in [6, 6.07) is 9.62. The van der Waals surface area contributed by atoms with Crippen molar-refractivity contribution in [2.75, 3.05) is 0 Å². The second kappa shape index (κ2) is 7.12. The number of amidine groups is 1. The van der Waals surface area contributed by atoms with Crippen LogP contribution in [0.2, 0.25) is 5.02 Å². The first-order valence-corrected chi connectivity index (χ1v) is 10.2. The van der Waals surface area contributed by atoms with E-state index in [0.717, 1.165) is 6.42 Å². The predicted octanol–water partition coefficient (Wildman–Crippen LogP) is 5.29. The molecule has 0 amide bonds. The molecule has 3 atom stereocenters. The van der Waals surface area contributed by atoms with Crippen LogP contribution in [-0.4, -0.2) is 14.9 Å². The summed E-state index contributed by atoms with van der Waals surface area (Å²) in [5.74, 6) is -1.00. The molecule has 1 aromatic heterocycles. The Balaban J connectivity index is 1.73. The van der Waals surface area contributed by atoms with Crippen LogP contribution in [0.15, 0.2) is 41.5 Å². The number of fused-ring (bicyclic) bond motifs is 1. The second-order valence-electron chi connectivity index (χ2n) is 7.45. The molecule has 0 saturated heterocycles. The van der Waals surface area contributed by atoms with Crippen molar-refractivity contribution in [3.8, 4) is 6.07 Å². The highest BCUT2D eigenvalue weighted by atomic mass is 35.5. The van der Waals surface area contributed by atoms with Gasteiger partial charge in [0.1, 0.15) is 11.6 Å². The normalized spacial score (nSPS) is 28.3. The highest BCUT2D eigenvalue weighted by Gasteiger charge is 2.66. The molecular formula is C21H17ClF2N4S. The third-order valence-electron chi connectivity index (χ3n) is 5.53. The number of pyridine rings is 1. The lowest BCUT2D eigenvalue weighted by atomic mass is 9.84. The van der Waals surface area contributed by atoms with Gasteiger partial charge in [0.2, 0.25) is 0 Å². The van der Waals surface area contributed by atoms with Crippen LogP contribution in [0.4, 0.5) is 8.78 Å². The lowest BCUT2D eigenvalue weighted by Gasteiger charge is -2.33. The minimum Gasteiger partial charge on any atom is -0.378 e. The molecule has 1 aliphatic carbocycles. The molecule has 2 heterocycles. The molecule has 1 aliphatic heterocycles. The van der Waals surface area contributed by atoms with Gasteiger partial charge in [-0.1, -0.05) is 29.4 Å². The molecule has 8 heteroatoms. The molecule has 0 radical (unpaired) electrons. The topological polar surface area (TPSA) is 75.1 Å². The summed E-state index contributed by atoms with van der Waals surface area (Å²) < 4.78 is 29.1. The lowest BCUT2D eigenvalue weighted by Crippen LogP contribution is -2.35. The average Bonchev–Trinajstić information content (AvgIpc) is 3.38. The van der Waals surface area contributed by atoms with E-state index in [1.54, 1.807) is 12.1 Å². The molecule has 1 fully saturated rings. The number of aromatic nitrogens is 1. The van der Waals surface area contributed by atoms with Gasteiger partial charge in [-0.05, 0) is 49.2 Å². The summed E-state index contributed by atoms with van der Waals surface area (Å²) in [7, 11) is 0. The van der Waals surface area contributed by atoms with Crippen LogP contribution in [0.1, 0.15) is 36.6 Å². The van der Waals surface area contributed by atoms with Crippen LogP contribution in [-0.2, 0) is 5.54 Å². The Bertz CT molecular complexity index is 1080. The summed E-state index contributed by atoms with van der Waals surface area (Å²) in [5.41, 5.74) is 6.08. The fourth-order valence-electron chi connectivity index (χ4n) is 4.02. The van der Waals surface area contributed by atoms with E-state index >= 15 is 0 Å². The maximum atomic E-state index is 14.8. The van der Waals surface area contributed by atoms with Gasteiger partial charge in [-0.15, -0.1) is 0 Å². The SMILES string of the molecule is C[C@]1(c2cc(/C=C(\F)c3ccc(Cl)cn3)ccc2F)N=C(N)S[C@@]2(CC#N)C[C@H]21. The molecule has 148 valence electrons. The van der Waals surface area contributed by atoms with Crippen LogP contribution in [0, 0.1) is 23.1 Å². The van der Waals surface area contributed by atoms with Gasteiger partial charge < -0.3 is 5.73 Å². The van der Waals surface area contributed by atoms with E-state index in [-0.39, 0.29) is 16.4 Å². The van der Waals surface area contributed by atoms with E-state index in [9.17, 15) is 14.0 Å². The van der Waals surface area contributed by atoms with E-state index in [1.807, 2.05) is 6.92 Å². The number of rotatable bonds is 4. The van der Waals surface area contributed by atoms with E-state index in [1.165, 1.54) is 42.2 Å². The number of hydrogen-bond donors (Lipinski definition) is 1. The second-order valence-corrected chi connectivity index (χ2v) is 9.32. The molecule has 4 rings (SSSR count). The largest absolute Gasteiger partial charge is 0.378 e. The van der Waals surface area contributed by atoms with Crippen molar-refractivity contribution < 1.29 is 8.78 Å². The minimum atomic E-state index is -0.908. The number of benzene rings is 1. The fraction of sp³-hybridized carbons (Fsp3) is 0.286. The third kappa shape index (κ3) is 3.52. The number of thioether (sulfide) groups is 1. The van der Waals surface area contributed by atoms with Gasteiger partial charge in [0.15, 0.2) is 5.17 Å². The van der Waals surface area contributed by atoms with Gasteiger partial charge in [0.25, 0.3) is 0 Å². The van der Waals surface area contributed by atoms with Crippen LogP contribution >= 0.6 is 23.4 Å². The Labute approximate surface area is 176 Å². The smallest absolute Gasteiger partial charge is 0.155 e. The fourth-order valence-corrected chi connectivity index (χ4v) is 5.54. The molecule has 29 heavy (non-hydrogen) atoms. The monoisotopic (exact) mass is 430 g/mol. The Hall–Kier alpha value is -2.43. The highest BCUT2D eigenvalue weighted by Crippen LogP contribution is 2.67. The van der Waals surface area contributed by atoms with Gasteiger partial charge in [0.05, 0.1) is 28.7 Å². The lowest BCUT2D eigenvalue weighted by molar-refractivity contribution is 0.391. The Morgan fingerprint density at radius 3 is 2.93 bits per heavy atom. The summed E-state index contributed by atoms with van der Waals surface area (Å²) in [5, 5.41) is 9.93. The first-order chi connectivity index (χ1) is 13.8. The molecule has 2 aliphatic rings. The third-order valence-corrected chi connectivity index (χ3v) is 7.06. The van der Waals surface area contributed by atoms with Crippen molar-refractivity contribution in [2.24, 2.45) is 16.6 Å². The van der Waals surface area contributed by atoms with Crippen LogP contribution in [0.25, 0.3) is 11.9 Å². The molecule has 1 saturated carbocycles. The zero-order valence-electron chi connectivity index (χ0n) is 15.5. The van der Waals surface area contributed by atoms with E-state index in [0.29, 0.717) is 27.7 Å². The summed E-state index contributed by atoms with van der Waals surface area (Å²) in [6.45, 7) is 1.83. The van der Waals surface area contributed by atoms with Gasteiger partial charge >= 0.3 is 0 Å². The van der Waals surface area contributed by atoms with Crippen LogP contribution in [0.5, 0.6) is 0 Å². The molecule has 2 N–H and O–H groups in total. The molecule has 0 unspecified atom stereocenters. The number of hydrogen-bond acceptors (Lipinski definition) is 5. The number of nitrogens with two attached hydrogens (primary N) is 1. The first kappa shape index (κ1) is 19.9. The molecule has 2 aromatic rings. The van der Waals surface area contributed by atoms with Gasteiger partial charge in [-0.25, -0.2) is 8.78 Å².